The number of sulfone groups is 1. The quantitative estimate of drug-likeness (QED) is 0.839. The van der Waals surface area contributed by atoms with E-state index in [1.54, 1.807) is 18.4 Å². The summed E-state index contributed by atoms with van der Waals surface area (Å²) in [6.45, 7) is 1.08. The van der Waals surface area contributed by atoms with E-state index in [2.05, 4.69) is 10.3 Å². The second kappa shape index (κ2) is 6.28. The highest BCUT2D eigenvalue weighted by Crippen LogP contribution is 2.30. The second-order valence-electron chi connectivity index (χ2n) is 5.09. The van der Waals surface area contributed by atoms with Gasteiger partial charge in [-0.25, -0.2) is 8.42 Å². The molecule has 1 aromatic rings. The molecule has 0 bridgehead atoms. The van der Waals surface area contributed by atoms with E-state index < -0.39 is 9.84 Å². The lowest BCUT2D eigenvalue weighted by Crippen LogP contribution is -2.30. The summed E-state index contributed by atoms with van der Waals surface area (Å²) < 4.78 is 28.7. The minimum atomic E-state index is -2.88. The molecule has 0 radical (unpaired) electrons. The highest BCUT2D eigenvalue weighted by molar-refractivity contribution is 7.92. The van der Waals surface area contributed by atoms with Crippen molar-refractivity contribution in [1.82, 2.24) is 10.3 Å². The third-order valence-electron chi connectivity index (χ3n) is 3.35. The van der Waals surface area contributed by atoms with Crippen LogP contribution in [0.5, 0.6) is 5.88 Å². The first-order chi connectivity index (χ1) is 9.44. The maximum Gasteiger partial charge on any atom is 0.230 e. The standard InChI is InChI=1S/C12H21N3O3S2/c1-15(2)12-14-11(18-3)10(19-12)8-13-7-9-5-4-6-20(9,16)17/h9,13H,4-8H2,1-3H3. The van der Waals surface area contributed by atoms with Crippen LogP contribution in [0.3, 0.4) is 0 Å². The van der Waals surface area contributed by atoms with Crippen molar-refractivity contribution in [2.45, 2.75) is 24.6 Å². The summed E-state index contributed by atoms with van der Waals surface area (Å²) in [5.41, 5.74) is 0. The van der Waals surface area contributed by atoms with Crippen molar-refractivity contribution in [2.75, 3.05) is 38.4 Å². The zero-order chi connectivity index (χ0) is 14.8. The van der Waals surface area contributed by atoms with Gasteiger partial charge in [0, 0.05) is 27.2 Å². The Hall–Kier alpha value is -0.860. The van der Waals surface area contributed by atoms with Gasteiger partial charge in [0.2, 0.25) is 5.88 Å². The lowest BCUT2D eigenvalue weighted by atomic mass is 10.2. The summed E-state index contributed by atoms with van der Waals surface area (Å²) in [6.07, 6.45) is 1.54. The largest absolute Gasteiger partial charge is 0.480 e. The van der Waals surface area contributed by atoms with Gasteiger partial charge in [-0.15, -0.1) is 0 Å². The number of hydrogen-bond acceptors (Lipinski definition) is 7. The van der Waals surface area contributed by atoms with Crippen molar-refractivity contribution >= 4 is 26.3 Å². The Balaban J connectivity index is 1.94. The Labute approximate surface area is 124 Å². The van der Waals surface area contributed by atoms with Crippen molar-refractivity contribution in [2.24, 2.45) is 0 Å². The van der Waals surface area contributed by atoms with E-state index in [0.717, 1.165) is 22.9 Å². The first-order valence-electron chi connectivity index (χ1n) is 6.57. The van der Waals surface area contributed by atoms with Gasteiger partial charge in [0.1, 0.15) is 0 Å². The van der Waals surface area contributed by atoms with E-state index in [9.17, 15) is 8.42 Å². The lowest BCUT2D eigenvalue weighted by molar-refractivity contribution is 0.394. The van der Waals surface area contributed by atoms with Gasteiger partial charge in [-0.1, -0.05) is 11.3 Å². The van der Waals surface area contributed by atoms with E-state index in [1.165, 1.54) is 0 Å². The van der Waals surface area contributed by atoms with Crippen LogP contribution in [-0.2, 0) is 16.4 Å². The molecule has 0 spiro atoms. The number of rotatable bonds is 6. The molecule has 2 rings (SSSR count). The first kappa shape index (κ1) is 15.5. The topological polar surface area (TPSA) is 71.5 Å². The monoisotopic (exact) mass is 319 g/mol. The van der Waals surface area contributed by atoms with Crippen LogP contribution in [0.4, 0.5) is 5.13 Å². The van der Waals surface area contributed by atoms with Crippen molar-refractivity contribution in [3.8, 4) is 5.88 Å². The van der Waals surface area contributed by atoms with E-state index in [4.69, 9.17) is 4.74 Å². The van der Waals surface area contributed by atoms with Gasteiger partial charge in [-0.2, -0.15) is 4.98 Å². The molecule has 20 heavy (non-hydrogen) atoms. The fourth-order valence-corrected chi connectivity index (χ4v) is 4.94. The molecule has 1 aliphatic rings. The van der Waals surface area contributed by atoms with E-state index >= 15 is 0 Å². The van der Waals surface area contributed by atoms with Crippen LogP contribution in [-0.4, -0.2) is 52.2 Å². The molecule has 1 unspecified atom stereocenters. The summed E-state index contributed by atoms with van der Waals surface area (Å²) in [5, 5.41) is 3.86. The van der Waals surface area contributed by atoms with Crippen LogP contribution in [0.25, 0.3) is 0 Å². The highest BCUT2D eigenvalue weighted by atomic mass is 32.2. The summed E-state index contributed by atoms with van der Waals surface area (Å²) in [7, 11) is 2.58. The fourth-order valence-electron chi connectivity index (χ4n) is 2.22. The molecule has 1 atom stereocenters. The average Bonchev–Trinajstić information content (AvgIpc) is 2.93. The summed E-state index contributed by atoms with van der Waals surface area (Å²) >= 11 is 1.55. The molecule has 0 aliphatic carbocycles. The van der Waals surface area contributed by atoms with Crippen molar-refractivity contribution in [3.63, 3.8) is 0 Å². The minimum Gasteiger partial charge on any atom is -0.480 e. The molecule has 6 nitrogen and oxygen atoms in total. The average molecular weight is 319 g/mol. The number of hydrogen-bond donors (Lipinski definition) is 1. The normalized spacial score (nSPS) is 21.1. The zero-order valence-corrected chi connectivity index (χ0v) is 13.7. The van der Waals surface area contributed by atoms with Crippen LogP contribution < -0.4 is 15.0 Å². The van der Waals surface area contributed by atoms with Crippen molar-refractivity contribution in [3.05, 3.63) is 4.88 Å². The molecule has 2 heterocycles. The molecule has 0 saturated carbocycles. The van der Waals surface area contributed by atoms with Gasteiger partial charge in [0.25, 0.3) is 0 Å². The Kier molecular flexibility index (Phi) is 4.87. The molecule has 1 fully saturated rings. The first-order valence-corrected chi connectivity index (χ1v) is 9.10. The maximum absolute atomic E-state index is 11.7. The van der Waals surface area contributed by atoms with Gasteiger partial charge >= 0.3 is 0 Å². The summed E-state index contributed by atoms with van der Waals surface area (Å²) in [6, 6.07) is 0. The van der Waals surface area contributed by atoms with Crippen molar-refractivity contribution < 1.29 is 13.2 Å². The van der Waals surface area contributed by atoms with Gasteiger partial charge in [-0.3, -0.25) is 0 Å². The van der Waals surface area contributed by atoms with Gasteiger partial charge < -0.3 is 15.0 Å². The molecule has 0 amide bonds. The van der Waals surface area contributed by atoms with E-state index in [1.807, 2.05) is 19.0 Å². The van der Waals surface area contributed by atoms with Crippen LogP contribution >= 0.6 is 11.3 Å². The third-order valence-corrected chi connectivity index (χ3v) is 6.83. The summed E-state index contributed by atoms with van der Waals surface area (Å²) in [4.78, 5) is 7.29. The minimum absolute atomic E-state index is 0.241. The molecule has 1 saturated heterocycles. The Morgan fingerprint density at radius 2 is 2.25 bits per heavy atom. The lowest BCUT2D eigenvalue weighted by Gasteiger charge is -2.10. The number of ether oxygens (including phenoxy) is 1. The van der Waals surface area contributed by atoms with Crippen LogP contribution in [0.1, 0.15) is 17.7 Å². The smallest absolute Gasteiger partial charge is 0.230 e. The maximum atomic E-state index is 11.7. The fraction of sp³-hybridized carbons (Fsp3) is 0.750. The number of anilines is 1. The van der Waals surface area contributed by atoms with Gasteiger partial charge in [0.15, 0.2) is 15.0 Å². The number of nitrogens with one attached hydrogen (secondary N) is 1. The Morgan fingerprint density at radius 3 is 2.80 bits per heavy atom. The van der Waals surface area contributed by atoms with Gasteiger partial charge in [-0.05, 0) is 12.8 Å². The van der Waals surface area contributed by atoms with Crippen LogP contribution in [0.15, 0.2) is 0 Å². The third kappa shape index (κ3) is 3.42. The molecule has 114 valence electrons. The Morgan fingerprint density at radius 1 is 1.50 bits per heavy atom. The highest BCUT2D eigenvalue weighted by Gasteiger charge is 2.30. The zero-order valence-electron chi connectivity index (χ0n) is 12.0. The molecule has 1 aliphatic heterocycles. The number of nitrogens with zero attached hydrogens (tertiary/aromatic N) is 2. The molecule has 0 aromatic carbocycles. The molecule has 8 heteroatoms. The molecule has 1 aromatic heterocycles. The predicted octanol–water partition coefficient (Wildman–Crippen LogP) is 0.885. The SMILES string of the molecule is COc1nc(N(C)C)sc1CNCC1CCCS1(=O)=O. The predicted molar refractivity (Wildman–Crippen MR) is 81.5 cm³/mol. The number of methoxy groups -OCH3 is 1. The number of aromatic nitrogens is 1. The summed E-state index contributed by atoms with van der Waals surface area (Å²) in [5.74, 6) is 0.939. The molecular formula is C12H21N3O3S2. The number of thiazole rings is 1. The van der Waals surface area contributed by atoms with Crippen LogP contribution in [0, 0.1) is 0 Å². The van der Waals surface area contributed by atoms with Crippen LogP contribution in [0.2, 0.25) is 0 Å². The van der Waals surface area contributed by atoms with Gasteiger partial charge in [0.05, 0.1) is 23.0 Å². The van der Waals surface area contributed by atoms with Crippen molar-refractivity contribution in [1.29, 1.82) is 0 Å². The Bertz CT molecular complexity index is 554. The second-order valence-corrected chi connectivity index (χ2v) is 8.55. The van der Waals surface area contributed by atoms with E-state index in [-0.39, 0.29) is 5.25 Å². The molecule has 1 N–H and O–H groups in total. The molecular weight excluding hydrogens is 298 g/mol. The van der Waals surface area contributed by atoms with E-state index in [0.29, 0.717) is 24.7 Å².